The van der Waals surface area contributed by atoms with Crippen LogP contribution in [0.3, 0.4) is 0 Å². The molecule has 0 heterocycles. The highest BCUT2D eigenvalue weighted by Crippen LogP contribution is 2.42. The number of azo groups is 1. The molecule has 178 valence electrons. The Morgan fingerprint density at radius 1 is 0.970 bits per heavy atom. The summed E-state index contributed by atoms with van der Waals surface area (Å²) < 4.78 is 21.6. The second kappa shape index (κ2) is 12.3. The number of amides is 1. The van der Waals surface area contributed by atoms with Crippen molar-refractivity contribution in [3.63, 3.8) is 0 Å². The molecule has 33 heavy (non-hydrogen) atoms. The highest BCUT2D eigenvalue weighted by Gasteiger charge is 2.25. The van der Waals surface area contributed by atoms with Crippen LogP contribution in [0.1, 0.15) is 20.8 Å². The Hall–Kier alpha value is -3.04. The number of ketones is 1. The van der Waals surface area contributed by atoms with Gasteiger partial charge in [0.05, 0.1) is 37.5 Å². The summed E-state index contributed by atoms with van der Waals surface area (Å²) in [5, 5.41) is 11.1. The fourth-order valence-electron chi connectivity index (χ4n) is 2.83. The minimum Gasteiger partial charge on any atom is -0.491 e. The van der Waals surface area contributed by atoms with E-state index >= 15 is 0 Å². The molecule has 1 N–H and O–H groups in total. The smallest absolute Gasteiger partial charge is 0.258 e. The van der Waals surface area contributed by atoms with E-state index in [2.05, 4.69) is 15.5 Å². The predicted octanol–water partition coefficient (Wildman–Crippen LogP) is 5.49. The van der Waals surface area contributed by atoms with Gasteiger partial charge in [-0.1, -0.05) is 23.2 Å². The van der Waals surface area contributed by atoms with Crippen molar-refractivity contribution < 1.29 is 28.5 Å². The molecule has 2 aromatic rings. The molecule has 11 heteroatoms. The first-order chi connectivity index (χ1) is 15.8. The van der Waals surface area contributed by atoms with Gasteiger partial charge in [-0.2, -0.15) is 10.2 Å². The molecule has 0 bridgehead atoms. The summed E-state index contributed by atoms with van der Waals surface area (Å²) in [5.41, 5.74) is 0.546. The quantitative estimate of drug-likeness (QED) is 0.324. The third-order valence-corrected chi connectivity index (χ3v) is 4.81. The van der Waals surface area contributed by atoms with Gasteiger partial charge in [-0.3, -0.25) is 9.59 Å². The number of nitrogens with one attached hydrogen (secondary N) is 1. The molecule has 2 aromatic carbocycles. The topological polar surface area (TPSA) is 108 Å². The molecule has 0 spiro atoms. The Morgan fingerprint density at radius 3 is 2.21 bits per heavy atom. The number of hydrogen-bond donors (Lipinski definition) is 1. The summed E-state index contributed by atoms with van der Waals surface area (Å²) in [4.78, 5) is 25.0. The van der Waals surface area contributed by atoms with Crippen LogP contribution in [0.2, 0.25) is 10.0 Å². The SMILES string of the molecule is CCOc1cc(NC(=O)C(N=Nc2ccc(Cl)c(OC)c2OC)C(C)=O)cc(Cl)c1OCC. The van der Waals surface area contributed by atoms with Gasteiger partial charge >= 0.3 is 0 Å². The van der Waals surface area contributed by atoms with Crippen LogP contribution < -0.4 is 24.3 Å². The standard InChI is InChI=1S/C22H25Cl2N3O6/c1-6-32-17-11-13(10-15(24)19(17)33-7-2)25-22(29)18(12(3)28)27-26-16-9-8-14(23)20(30-4)21(16)31-5/h8-11,18H,6-7H2,1-5H3,(H,25,29). The molecule has 0 aromatic heterocycles. The first kappa shape index (κ1) is 26.2. The van der Waals surface area contributed by atoms with Crippen molar-refractivity contribution in [2.24, 2.45) is 10.2 Å². The number of Topliss-reactive ketones (excluding diaryl/α,β-unsaturated/α-hetero) is 1. The van der Waals surface area contributed by atoms with Gasteiger partial charge in [-0.25, -0.2) is 0 Å². The average Bonchev–Trinajstić information content (AvgIpc) is 2.76. The number of anilines is 1. The normalized spacial score (nSPS) is 11.7. The molecule has 0 radical (unpaired) electrons. The highest BCUT2D eigenvalue weighted by molar-refractivity contribution is 6.33. The monoisotopic (exact) mass is 497 g/mol. The average molecular weight is 498 g/mol. The maximum Gasteiger partial charge on any atom is 0.258 e. The lowest BCUT2D eigenvalue weighted by Crippen LogP contribution is -2.31. The van der Waals surface area contributed by atoms with Crippen LogP contribution >= 0.6 is 23.2 Å². The van der Waals surface area contributed by atoms with Crippen molar-refractivity contribution in [3.05, 3.63) is 34.3 Å². The van der Waals surface area contributed by atoms with Crippen molar-refractivity contribution in [1.82, 2.24) is 0 Å². The predicted molar refractivity (Wildman–Crippen MR) is 126 cm³/mol. The maximum atomic E-state index is 12.8. The molecule has 0 aliphatic heterocycles. The van der Waals surface area contributed by atoms with Crippen molar-refractivity contribution >= 4 is 46.3 Å². The lowest BCUT2D eigenvalue weighted by atomic mass is 10.2. The lowest BCUT2D eigenvalue weighted by molar-refractivity contribution is -0.126. The summed E-state index contributed by atoms with van der Waals surface area (Å²) in [6.07, 6.45) is 0. The first-order valence-electron chi connectivity index (χ1n) is 9.99. The molecule has 0 saturated carbocycles. The Morgan fingerprint density at radius 2 is 1.64 bits per heavy atom. The zero-order valence-electron chi connectivity index (χ0n) is 18.9. The molecule has 0 fully saturated rings. The number of ether oxygens (including phenoxy) is 4. The van der Waals surface area contributed by atoms with Gasteiger partial charge in [0.1, 0.15) is 5.69 Å². The van der Waals surface area contributed by atoms with Crippen LogP contribution in [0, 0.1) is 0 Å². The van der Waals surface area contributed by atoms with Gasteiger partial charge < -0.3 is 24.3 Å². The fraction of sp³-hybridized carbons (Fsp3) is 0.364. The van der Waals surface area contributed by atoms with E-state index in [9.17, 15) is 9.59 Å². The van der Waals surface area contributed by atoms with Crippen LogP contribution in [0.4, 0.5) is 11.4 Å². The lowest BCUT2D eigenvalue weighted by Gasteiger charge is -2.16. The molecule has 9 nitrogen and oxygen atoms in total. The van der Waals surface area contributed by atoms with E-state index in [0.29, 0.717) is 35.4 Å². The number of benzene rings is 2. The third-order valence-electron chi connectivity index (χ3n) is 4.23. The molecule has 1 amide bonds. The van der Waals surface area contributed by atoms with Crippen molar-refractivity contribution in [3.8, 4) is 23.0 Å². The van der Waals surface area contributed by atoms with E-state index in [1.165, 1.54) is 39.3 Å². The third kappa shape index (κ3) is 6.49. The fourth-order valence-corrected chi connectivity index (χ4v) is 3.32. The number of carbonyl (C=O) groups excluding carboxylic acids is 2. The van der Waals surface area contributed by atoms with Crippen molar-refractivity contribution in [2.75, 3.05) is 32.8 Å². The largest absolute Gasteiger partial charge is 0.491 e. The molecule has 0 aliphatic rings. The Balaban J connectivity index is 2.33. The first-order valence-corrected chi connectivity index (χ1v) is 10.7. The van der Waals surface area contributed by atoms with E-state index < -0.39 is 17.7 Å². The Kier molecular flexibility index (Phi) is 9.74. The van der Waals surface area contributed by atoms with Gasteiger partial charge in [0.15, 0.2) is 28.8 Å². The van der Waals surface area contributed by atoms with Gasteiger partial charge in [-0.15, -0.1) is 0 Å². The van der Waals surface area contributed by atoms with Crippen LogP contribution in [-0.4, -0.2) is 45.2 Å². The minimum absolute atomic E-state index is 0.219. The Bertz CT molecular complexity index is 1050. The molecule has 1 atom stereocenters. The van der Waals surface area contributed by atoms with Gasteiger partial charge in [0.2, 0.25) is 6.04 Å². The van der Waals surface area contributed by atoms with E-state index in [0.717, 1.165) is 0 Å². The second-order valence-electron chi connectivity index (χ2n) is 6.50. The van der Waals surface area contributed by atoms with Crippen LogP contribution in [-0.2, 0) is 9.59 Å². The summed E-state index contributed by atoms with van der Waals surface area (Å²) in [5.74, 6) is -0.0122. The summed E-state index contributed by atoms with van der Waals surface area (Å²) in [6, 6.07) is 4.70. The highest BCUT2D eigenvalue weighted by atomic mass is 35.5. The summed E-state index contributed by atoms with van der Waals surface area (Å²) >= 11 is 12.4. The van der Waals surface area contributed by atoms with Gasteiger partial charge in [-0.05, 0) is 39.0 Å². The van der Waals surface area contributed by atoms with E-state index in [-0.39, 0.29) is 22.2 Å². The second-order valence-corrected chi connectivity index (χ2v) is 7.32. The summed E-state index contributed by atoms with van der Waals surface area (Å²) in [7, 11) is 2.84. The molecule has 2 rings (SSSR count). The minimum atomic E-state index is -1.42. The molecule has 0 aliphatic carbocycles. The van der Waals surface area contributed by atoms with Gasteiger partial charge in [0.25, 0.3) is 5.91 Å². The number of carbonyl (C=O) groups is 2. The molecule has 0 saturated heterocycles. The van der Waals surface area contributed by atoms with Crippen LogP contribution in [0.25, 0.3) is 0 Å². The van der Waals surface area contributed by atoms with Crippen molar-refractivity contribution in [2.45, 2.75) is 26.8 Å². The number of nitrogens with zero attached hydrogens (tertiary/aromatic N) is 2. The molecular formula is C22H25Cl2N3O6. The number of rotatable bonds is 11. The summed E-state index contributed by atoms with van der Waals surface area (Å²) in [6.45, 7) is 5.61. The van der Waals surface area contributed by atoms with Gasteiger partial charge in [0, 0.05) is 11.8 Å². The van der Waals surface area contributed by atoms with E-state index in [4.69, 9.17) is 42.1 Å². The molecular weight excluding hydrogens is 473 g/mol. The number of halogens is 2. The van der Waals surface area contributed by atoms with E-state index in [1.807, 2.05) is 6.92 Å². The van der Waals surface area contributed by atoms with Crippen molar-refractivity contribution in [1.29, 1.82) is 0 Å². The maximum absolute atomic E-state index is 12.8. The zero-order valence-corrected chi connectivity index (χ0v) is 20.4. The zero-order chi connectivity index (χ0) is 24.5. The van der Waals surface area contributed by atoms with E-state index in [1.54, 1.807) is 13.0 Å². The number of methoxy groups -OCH3 is 2. The van der Waals surface area contributed by atoms with Crippen LogP contribution in [0.15, 0.2) is 34.5 Å². The Labute approximate surface area is 202 Å². The number of hydrogen-bond acceptors (Lipinski definition) is 8. The van der Waals surface area contributed by atoms with Crippen LogP contribution in [0.5, 0.6) is 23.0 Å². The molecule has 1 unspecified atom stereocenters.